The fourth-order valence-electron chi connectivity index (χ4n) is 4.64. The average molecular weight is 473 g/mol. The predicted molar refractivity (Wildman–Crippen MR) is 130 cm³/mol. The van der Waals surface area contributed by atoms with E-state index >= 15 is 0 Å². The summed E-state index contributed by atoms with van der Waals surface area (Å²) >= 11 is 6.08. The molecule has 0 saturated carbocycles. The molecule has 0 radical (unpaired) electrons. The second-order valence-corrected chi connectivity index (χ2v) is 9.19. The molecule has 0 spiro atoms. The first-order chi connectivity index (χ1) is 15.8. The molecule has 2 aromatic rings. The Hall–Kier alpha value is -2.57. The molecule has 2 N–H and O–H groups in total. The van der Waals surface area contributed by atoms with Gasteiger partial charge in [-0.25, -0.2) is 4.79 Å². The molecule has 2 aromatic carbocycles. The lowest BCUT2D eigenvalue weighted by molar-refractivity contribution is -0.125. The minimum atomic E-state index is -0.961. The molecule has 6 nitrogen and oxygen atoms in total. The highest BCUT2D eigenvalue weighted by Gasteiger charge is 2.40. The summed E-state index contributed by atoms with van der Waals surface area (Å²) in [5.74, 6) is -0.196. The number of nitrogens with zero attached hydrogens (tertiary/aromatic N) is 1. The molecule has 1 heterocycles. The Morgan fingerprint density at radius 1 is 1.21 bits per heavy atom. The Morgan fingerprint density at radius 2 is 1.91 bits per heavy atom. The maximum atomic E-state index is 13.0. The van der Waals surface area contributed by atoms with Gasteiger partial charge in [0, 0.05) is 30.1 Å². The fourth-order valence-corrected chi connectivity index (χ4v) is 4.82. The number of carboxylic acids is 1. The Kier molecular flexibility index (Phi) is 8.38. The van der Waals surface area contributed by atoms with E-state index < -0.39 is 5.97 Å². The Balaban J connectivity index is 1.61. The summed E-state index contributed by atoms with van der Waals surface area (Å²) in [6.45, 7) is 7.84. The molecular weight excluding hydrogens is 440 g/mol. The number of benzene rings is 2. The standard InChI is InChI=1S/C26H33ClN2O4/c1-4-26(5-2,29-14-13-23(17-29)33-22-8-6-7-21(27)15-22)16-24(30)28-18(3)19-9-11-20(12-10-19)25(31)32/h6-12,15,18,23H,4-5,13-14,16-17H2,1-3H3,(H,28,30)(H,31,32)/t18?,23-/m1/s1. The highest BCUT2D eigenvalue weighted by atomic mass is 35.5. The maximum Gasteiger partial charge on any atom is 0.335 e. The van der Waals surface area contributed by atoms with Crippen LogP contribution in [0.25, 0.3) is 0 Å². The average Bonchev–Trinajstić information content (AvgIpc) is 3.26. The second-order valence-electron chi connectivity index (χ2n) is 8.76. The third-order valence-corrected chi connectivity index (χ3v) is 6.99. The largest absolute Gasteiger partial charge is 0.489 e. The van der Waals surface area contributed by atoms with Gasteiger partial charge < -0.3 is 15.2 Å². The van der Waals surface area contributed by atoms with Crippen molar-refractivity contribution >= 4 is 23.5 Å². The summed E-state index contributed by atoms with van der Waals surface area (Å²) < 4.78 is 6.16. The topological polar surface area (TPSA) is 78.9 Å². The van der Waals surface area contributed by atoms with Crippen LogP contribution in [0.2, 0.25) is 5.02 Å². The molecular formula is C26H33ClN2O4. The van der Waals surface area contributed by atoms with Gasteiger partial charge in [0.1, 0.15) is 11.9 Å². The van der Waals surface area contributed by atoms with Crippen molar-refractivity contribution in [2.45, 2.75) is 64.1 Å². The summed E-state index contributed by atoms with van der Waals surface area (Å²) in [6, 6.07) is 13.9. The Labute approximate surface area is 200 Å². The zero-order chi connectivity index (χ0) is 24.0. The smallest absolute Gasteiger partial charge is 0.335 e. The van der Waals surface area contributed by atoms with Crippen LogP contribution >= 0.6 is 11.6 Å². The number of aromatic carboxylic acids is 1. The van der Waals surface area contributed by atoms with Gasteiger partial charge in [-0.1, -0.05) is 43.6 Å². The predicted octanol–water partition coefficient (Wildman–Crippen LogP) is 5.32. The normalized spacial score (nSPS) is 17.5. The third-order valence-electron chi connectivity index (χ3n) is 6.76. The van der Waals surface area contributed by atoms with Crippen LogP contribution in [0, 0.1) is 0 Å². The van der Waals surface area contributed by atoms with E-state index in [1.54, 1.807) is 24.3 Å². The first kappa shape index (κ1) is 25.1. The van der Waals surface area contributed by atoms with Crippen molar-refractivity contribution < 1.29 is 19.4 Å². The number of hydrogen-bond acceptors (Lipinski definition) is 4. The first-order valence-electron chi connectivity index (χ1n) is 11.6. The summed E-state index contributed by atoms with van der Waals surface area (Å²) in [7, 11) is 0. The summed E-state index contributed by atoms with van der Waals surface area (Å²) in [5.41, 5.74) is 0.878. The number of nitrogens with one attached hydrogen (secondary N) is 1. The molecule has 0 aliphatic carbocycles. The van der Waals surface area contributed by atoms with E-state index in [9.17, 15) is 9.59 Å². The van der Waals surface area contributed by atoms with Crippen LogP contribution < -0.4 is 10.1 Å². The van der Waals surface area contributed by atoms with Gasteiger partial charge in [-0.15, -0.1) is 0 Å². The molecule has 2 atom stereocenters. The molecule has 3 rings (SSSR count). The van der Waals surface area contributed by atoms with Crippen LogP contribution in [-0.4, -0.2) is 46.6 Å². The van der Waals surface area contributed by atoms with Crippen LogP contribution in [-0.2, 0) is 4.79 Å². The van der Waals surface area contributed by atoms with Gasteiger partial charge in [0.25, 0.3) is 0 Å². The minimum absolute atomic E-state index is 0.00674. The van der Waals surface area contributed by atoms with Crippen molar-refractivity contribution in [3.8, 4) is 5.75 Å². The molecule has 1 aliphatic heterocycles. The summed E-state index contributed by atoms with van der Waals surface area (Å²) in [6.07, 6.45) is 3.10. The van der Waals surface area contributed by atoms with E-state index in [4.69, 9.17) is 21.4 Å². The number of carboxylic acid groups (broad SMARTS) is 1. The van der Waals surface area contributed by atoms with Crippen molar-refractivity contribution in [2.75, 3.05) is 13.1 Å². The van der Waals surface area contributed by atoms with Crippen LogP contribution in [0.5, 0.6) is 5.75 Å². The van der Waals surface area contributed by atoms with Crippen molar-refractivity contribution in [2.24, 2.45) is 0 Å². The molecule has 0 aromatic heterocycles. The molecule has 1 fully saturated rings. The maximum absolute atomic E-state index is 13.0. The molecule has 7 heteroatoms. The lowest BCUT2D eigenvalue weighted by Gasteiger charge is -2.40. The second kappa shape index (κ2) is 11.0. The van der Waals surface area contributed by atoms with Gasteiger partial charge in [0.2, 0.25) is 5.91 Å². The van der Waals surface area contributed by atoms with Crippen LogP contribution in [0.1, 0.15) is 68.4 Å². The zero-order valence-corrected chi connectivity index (χ0v) is 20.3. The van der Waals surface area contributed by atoms with E-state index in [-0.39, 0.29) is 29.2 Å². The number of rotatable bonds is 10. The van der Waals surface area contributed by atoms with Gasteiger partial charge in [-0.3, -0.25) is 9.69 Å². The number of carbonyl (C=O) groups is 2. The molecule has 1 unspecified atom stereocenters. The molecule has 178 valence electrons. The first-order valence-corrected chi connectivity index (χ1v) is 11.9. The number of amides is 1. The summed E-state index contributed by atoms with van der Waals surface area (Å²) in [4.78, 5) is 26.5. The lowest BCUT2D eigenvalue weighted by Crippen LogP contribution is -2.50. The van der Waals surface area contributed by atoms with Crippen LogP contribution in [0.3, 0.4) is 0 Å². The highest BCUT2D eigenvalue weighted by molar-refractivity contribution is 6.30. The van der Waals surface area contributed by atoms with Gasteiger partial charge in [-0.05, 0) is 62.1 Å². The fraction of sp³-hybridized carbons (Fsp3) is 0.462. The number of ether oxygens (including phenoxy) is 1. The minimum Gasteiger partial charge on any atom is -0.489 e. The van der Waals surface area contributed by atoms with E-state index in [0.29, 0.717) is 11.4 Å². The highest BCUT2D eigenvalue weighted by Crippen LogP contribution is 2.33. The third kappa shape index (κ3) is 6.27. The Bertz CT molecular complexity index is 959. The number of likely N-dealkylation sites (tertiary alicyclic amines) is 1. The lowest BCUT2D eigenvalue weighted by atomic mass is 9.86. The van der Waals surface area contributed by atoms with Gasteiger partial charge in [-0.2, -0.15) is 0 Å². The van der Waals surface area contributed by atoms with E-state index in [1.807, 2.05) is 31.2 Å². The van der Waals surface area contributed by atoms with Crippen molar-refractivity contribution in [1.82, 2.24) is 10.2 Å². The van der Waals surface area contributed by atoms with Crippen LogP contribution in [0.15, 0.2) is 48.5 Å². The Morgan fingerprint density at radius 3 is 2.52 bits per heavy atom. The number of carbonyl (C=O) groups excluding carboxylic acids is 1. The van der Waals surface area contributed by atoms with E-state index in [1.165, 1.54) is 0 Å². The van der Waals surface area contributed by atoms with Gasteiger partial charge in [0.15, 0.2) is 0 Å². The number of halogens is 1. The van der Waals surface area contributed by atoms with Crippen LogP contribution in [0.4, 0.5) is 0 Å². The molecule has 33 heavy (non-hydrogen) atoms. The monoisotopic (exact) mass is 472 g/mol. The van der Waals surface area contributed by atoms with Crippen molar-refractivity contribution in [3.05, 3.63) is 64.7 Å². The van der Waals surface area contributed by atoms with Gasteiger partial charge in [0.05, 0.1) is 11.6 Å². The summed E-state index contributed by atoms with van der Waals surface area (Å²) in [5, 5.41) is 12.8. The van der Waals surface area contributed by atoms with E-state index in [0.717, 1.165) is 43.7 Å². The molecule has 1 saturated heterocycles. The van der Waals surface area contributed by atoms with Gasteiger partial charge >= 0.3 is 5.97 Å². The SMILES string of the molecule is CCC(CC)(CC(=O)NC(C)c1ccc(C(=O)O)cc1)N1CC[C@@H](Oc2cccc(Cl)c2)C1. The van der Waals surface area contributed by atoms with Crippen molar-refractivity contribution in [1.29, 1.82) is 0 Å². The van der Waals surface area contributed by atoms with E-state index in [2.05, 4.69) is 24.1 Å². The van der Waals surface area contributed by atoms with Crippen molar-refractivity contribution in [3.63, 3.8) is 0 Å². The molecule has 0 bridgehead atoms. The molecule has 1 aliphatic rings. The molecule has 1 amide bonds. The zero-order valence-electron chi connectivity index (χ0n) is 19.5. The quantitative estimate of drug-likeness (QED) is 0.489. The number of hydrogen-bond donors (Lipinski definition) is 2.